The minimum absolute atomic E-state index is 0.111. The van der Waals surface area contributed by atoms with Crippen LogP contribution in [-0.4, -0.2) is 13.7 Å². The molecule has 1 unspecified atom stereocenters. The number of benzene rings is 1. The molecule has 0 radical (unpaired) electrons. The predicted molar refractivity (Wildman–Crippen MR) is 92.8 cm³/mol. The Balaban J connectivity index is 2.39. The van der Waals surface area contributed by atoms with E-state index in [9.17, 15) is 0 Å². The second-order valence-electron chi connectivity index (χ2n) is 4.39. The highest BCUT2D eigenvalue weighted by atomic mass is 79.9. The Kier molecular flexibility index (Phi) is 6.08. The summed E-state index contributed by atoms with van der Waals surface area (Å²) < 4.78 is 8.12. The van der Waals surface area contributed by atoms with Crippen LogP contribution in [0.15, 0.2) is 37.9 Å². The van der Waals surface area contributed by atoms with Gasteiger partial charge in [-0.2, -0.15) is 0 Å². The maximum absolute atomic E-state index is 5.87. The van der Waals surface area contributed by atoms with Crippen LogP contribution in [0.4, 0.5) is 0 Å². The lowest BCUT2D eigenvalue weighted by Crippen LogP contribution is -2.18. The molecule has 2 rings (SSSR count). The van der Waals surface area contributed by atoms with Crippen molar-refractivity contribution in [2.45, 2.75) is 19.4 Å². The first kappa shape index (κ1) is 16.0. The van der Waals surface area contributed by atoms with E-state index in [1.54, 1.807) is 11.3 Å². The number of nitrogens with one attached hydrogen (secondary N) is 1. The summed E-state index contributed by atoms with van der Waals surface area (Å²) >= 11 is 8.87. The monoisotopic (exact) mass is 417 g/mol. The molecule has 1 heterocycles. The average Bonchev–Trinajstić information content (AvgIpc) is 2.77. The quantitative estimate of drug-likeness (QED) is 0.680. The van der Waals surface area contributed by atoms with Crippen molar-refractivity contribution in [1.82, 2.24) is 5.32 Å². The summed E-state index contributed by atoms with van der Waals surface area (Å²) in [5, 5.41) is 3.38. The molecule has 2 nitrogen and oxygen atoms in total. The van der Waals surface area contributed by atoms with Crippen LogP contribution >= 0.6 is 43.2 Å². The maximum Gasteiger partial charge on any atom is 0.124 e. The van der Waals surface area contributed by atoms with Gasteiger partial charge in [-0.25, -0.2) is 0 Å². The lowest BCUT2D eigenvalue weighted by atomic mass is 10.0. The molecule has 1 atom stereocenters. The summed E-state index contributed by atoms with van der Waals surface area (Å²) in [5.41, 5.74) is 2.38. The van der Waals surface area contributed by atoms with Crippen LogP contribution in [0.3, 0.4) is 0 Å². The molecular formula is C15H17Br2NOS. The molecular weight excluding hydrogens is 402 g/mol. The number of rotatable bonds is 6. The highest BCUT2D eigenvalue weighted by molar-refractivity contribution is 9.12. The van der Waals surface area contributed by atoms with Crippen molar-refractivity contribution in [1.29, 1.82) is 0 Å². The van der Waals surface area contributed by atoms with Gasteiger partial charge in [0.1, 0.15) is 5.75 Å². The molecule has 0 spiro atoms. The third kappa shape index (κ3) is 3.64. The number of para-hydroxylation sites is 1. The molecule has 0 aliphatic heterocycles. The first-order chi connectivity index (χ1) is 9.67. The molecule has 1 aromatic carbocycles. The molecule has 0 saturated heterocycles. The van der Waals surface area contributed by atoms with Gasteiger partial charge >= 0.3 is 0 Å². The largest absolute Gasteiger partial charge is 0.493 e. The Morgan fingerprint density at radius 3 is 2.60 bits per heavy atom. The summed E-state index contributed by atoms with van der Waals surface area (Å²) in [6.07, 6.45) is 1.01. The van der Waals surface area contributed by atoms with Crippen LogP contribution in [0, 0.1) is 0 Å². The molecule has 0 amide bonds. The molecule has 20 heavy (non-hydrogen) atoms. The van der Waals surface area contributed by atoms with Crippen molar-refractivity contribution in [3.05, 3.63) is 49.0 Å². The second-order valence-corrected chi connectivity index (χ2v) is 8.14. The van der Waals surface area contributed by atoms with Gasteiger partial charge in [-0.15, -0.1) is 11.3 Å². The van der Waals surface area contributed by atoms with Crippen LogP contribution in [0.25, 0.3) is 0 Å². The molecule has 0 bridgehead atoms. The van der Waals surface area contributed by atoms with Gasteiger partial charge in [0.15, 0.2) is 0 Å². The fourth-order valence-electron chi connectivity index (χ4n) is 2.09. The SMILES string of the molecule is CCCOc1ccccc1C(NC)c1cc(Br)sc1Br. The summed E-state index contributed by atoms with van der Waals surface area (Å²) in [6.45, 7) is 2.85. The van der Waals surface area contributed by atoms with E-state index in [2.05, 4.69) is 56.2 Å². The van der Waals surface area contributed by atoms with E-state index in [4.69, 9.17) is 4.74 Å². The second kappa shape index (κ2) is 7.59. The Morgan fingerprint density at radius 2 is 2.00 bits per heavy atom. The van der Waals surface area contributed by atoms with Crippen LogP contribution in [0.2, 0.25) is 0 Å². The van der Waals surface area contributed by atoms with Crippen molar-refractivity contribution in [3.63, 3.8) is 0 Å². The van der Waals surface area contributed by atoms with E-state index in [1.165, 1.54) is 5.56 Å². The van der Waals surface area contributed by atoms with Gasteiger partial charge < -0.3 is 10.1 Å². The Hall–Kier alpha value is -0.360. The fraction of sp³-hybridized carbons (Fsp3) is 0.333. The van der Waals surface area contributed by atoms with Crippen LogP contribution in [-0.2, 0) is 0 Å². The number of thiophene rings is 1. The molecule has 0 fully saturated rings. The predicted octanol–water partition coefficient (Wildman–Crippen LogP) is 5.37. The molecule has 108 valence electrons. The highest BCUT2D eigenvalue weighted by Crippen LogP contribution is 2.39. The Labute approximate surface area is 140 Å². The zero-order valence-electron chi connectivity index (χ0n) is 11.5. The lowest BCUT2D eigenvalue weighted by Gasteiger charge is -2.20. The van der Waals surface area contributed by atoms with Gasteiger partial charge in [0.25, 0.3) is 0 Å². The van der Waals surface area contributed by atoms with E-state index < -0.39 is 0 Å². The fourth-order valence-corrected chi connectivity index (χ4v) is 4.99. The van der Waals surface area contributed by atoms with E-state index in [1.807, 2.05) is 25.2 Å². The normalized spacial score (nSPS) is 12.4. The van der Waals surface area contributed by atoms with E-state index in [0.29, 0.717) is 0 Å². The third-order valence-electron chi connectivity index (χ3n) is 2.97. The van der Waals surface area contributed by atoms with E-state index >= 15 is 0 Å². The van der Waals surface area contributed by atoms with E-state index in [0.717, 1.165) is 31.9 Å². The van der Waals surface area contributed by atoms with Crippen molar-refractivity contribution in [2.75, 3.05) is 13.7 Å². The first-order valence-corrected chi connectivity index (χ1v) is 8.91. The molecule has 0 saturated carbocycles. The zero-order valence-corrected chi connectivity index (χ0v) is 15.4. The van der Waals surface area contributed by atoms with Crippen molar-refractivity contribution < 1.29 is 4.74 Å². The molecule has 2 aromatic rings. The summed E-state index contributed by atoms with van der Waals surface area (Å²) in [5.74, 6) is 0.947. The van der Waals surface area contributed by atoms with Gasteiger partial charge in [-0.05, 0) is 63.0 Å². The standard InChI is InChI=1S/C15H17Br2NOS/c1-3-8-19-12-7-5-4-6-10(12)14(18-2)11-9-13(16)20-15(11)17/h4-7,9,14,18H,3,8H2,1-2H3. The smallest absolute Gasteiger partial charge is 0.124 e. The topological polar surface area (TPSA) is 21.3 Å². The summed E-state index contributed by atoms with van der Waals surface area (Å²) in [4.78, 5) is 0. The highest BCUT2D eigenvalue weighted by Gasteiger charge is 2.20. The van der Waals surface area contributed by atoms with Crippen molar-refractivity contribution in [3.8, 4) is 5.75 Å². The Morgan fingerprint density at radius 1 is 1.25 bits per heavy atom. The van der Waals surface area contributed by atoms with Gasteiger partial charge in [-0.3, -0.25) is 0 Å². The molecule has 0 aliphatic carbocycles. The van der Waals surface area contributed by atoms with Crippen molar-refractivity contribution >= 4 is 43.2 Å². The number of hydrogen-bond donors (Lipinski definition) is 1. The maximum atomic E-state index is 5.87. The average molecular weight is 419 g/mol. The zero-order chi connectivity index (χ0) is 14.5. The molecule has 1 N–H and O–H groups in total. The number of ether oxygens (including phenoxy) is 1. The van der Waals surface area contributed by atoms with Gasteiger partial charge in [0, 0.05) is 5.56 Å². The number of halogens is 2. The minimum Gasteiger partial charge on any atom is -0.493 e. The molecule has 0 aliphatic rings. The molecule has 5 heteroatoms. The summed E-state index contributed by atoms with van der Waals surface area (Å²) in [6, 6.07) is 10.5. The van der Waals surface area contributed by atoms with Crippen molar-refractivity contribution in [2.24, 2.45) is 0 Å². The van der Waals surface area contributed by atoms with Gasteiger partial charge in [-0.1, -0.05) is 25.1 Å². The van der Waals surface area contributed by atoms with E-state index in [-0.39, 0.29) is 6.04 Å². The number of hydrogen-bond acceptors (Lipinski definition) is 3. The van der Waals surface area contributed by atoms with Gasteiger partial charge in [0.2, 0.25) is 0 Å². The molecule has 1 aromatic heterocycles. The first-order valence-electron chi connectivity index (χ1n) is 6.51. The Bertz CT molecular complexity index is 571. The third-order valence-corrected chi connectivity index (χ3v) is 5.36. The minimum atomic E-state index is 0.111. The van der Waals surface area contributed by atoms with Crippen LogP contribution < -0.4 is 10.1 Å². The summed E-state index contributed by atoms with van der Waals surface area (Å²) in [7, 11) is 1.97. The lowest BCUT2D eigenvalue weighted by molar-refractivity contribution is 0.312. The van der Waals surface area contributed by atoms with Crippen LogP contribution in [0.1, 0.15) is 30.5 Å². The van der Waals surface area contributed by atoms with Gasteiger partial charge in [0.05, 0.1) is 20.2 Å². The van der Waals surface area contributed by atoms with Crippen LogP contribution in [0.5, 0.6) is 5.75 Å².